The van der Waals surface area contributed by atoms with E-state index in [2.05, 4.69) is 17.0 Å². The van der Waals surface area contributed by atoms with E-state index < -0.39 is 20.9 Å². The van der Waals surface area contributed by atoms with Crippen molar-refractivity contribution in [1.82, 2.24) is 4.72 Å². The number of sulfonamides is 1. The standard InChI is InChI=1S/C21H34N2O4S/c1-5-6-7-16-8-10-17(11-9-16)22-20(24)27-19-14-12-18(13-15-19)23-28(25,26)21(2,3)4/h8-11,18-19,23H,5-7,12-15H2,1-4H3,(H,22,24). The van der Waals surface area contributed by atoms with Crippen LogP contribution in [0.25, 0.3) is 0 Å². The molecule has 1 aromatic rings. The van der Waals surface area contributed by atoms with Gasteiger partial charge in [0.25, 0.3) is 0 Å². The predicted molar refractivity (Wildman–Crippen MR) is 113 cm³/mol. The van der Waals surface area contributed by atoms with E-state index in [0.717, 1.165) is 24.9 Å². The molecule has 1 saturated carbocycles. The quantitative estimate of drug-likeness (QED) is 0.688. The second-order valence-electron chi connectivity index (χ2n) is 8.54. The summed E-state index contributed by atoms with van der Waals surface area (Å²) in [6, 6.07) is 7.74. The van der Waals surface area contributed by atoms with Crippen LogP contribution in [0.1, 0.15) is 71.8 Å². The lowest BCUT2D eigenvalue weighted by Gasteiger charge is -2.31. The van der Waals surface area contributed by atoms with Gasteiger partial charge >= 0.3 is 6.09 Å². The first kappa shape index (κ1) is 22.7. The topological polar surface area (TPSA) is 84.5 Å². The minimum Gasteiger partial charge on any atom is -0.446 e. The molecule has 7 heteroatoms. The van der Waals surface area contributed by atoms with Crippen molar-refractivity contribution in [3.63, 3.8) is 0 Å². The maximum absolute atomic E-state index is 12.3. The van der Waals surface area contributed by atoms with E-state index in [0.29, 0.717) is 25.7 Å². The number of carbonyl (C=O) groups is 1. The summed E-state index contributed by atoms with van der Waals surface area (Å²) in [5, 5.41) is 2.77. The number of ether oxygens (including phenoxy) is 1. The molecule has 0 radical (unpaired) electrons. The van der Waals surface area contributed by atoms with Crippen LogP contribution in [0.2, 0.25) is 0 Å². The minimum atomic E-state index is -3.36. The summed E-state index contributed by atoms with van der Waals surface area (Å²) in [6.45, 7) is 7.22. The van der Waals surface area contributed by atoms with Gasteiger partial charge < -0.3 is 4.74 Å². The summed E-state index contributed by atoms with van der Waals surface area (Å²) in [5.74, 6) is 0. The van der Waals surface area contributed by atoms with Gasteiger partial charge in [-0.2, -0.15) is 0 Å². The fourth-order valence-electron chi connectivity index (χ4n) is 3.13. The normalized spacial score (nSPS) is 20.6. The Balaban J connectivity index is 1.76. The summed E-state index contributed by atoms with van der Waals surface area (Å²) in [6.07, 6.45) is 5.36. The molecule has 158 valence electrons. The Kier molecular flexibility index (Phi) is 7.89. The van der Waals surface area contributed by atoms with Crippen LogP contribution in [0.15, 0.2) is 24.3 Å². The number of rotatable bonds is 7. The van der Waals surface area contributed by atoms with Crippen LogP contribution in [0.4, 0.5) is 10.5 Å². The summed E-state index contributed by atoms with van der Waals surface area (Å²) in [4.78, 5) is 12.1. The molecule has 1 aliphatic carbocycles. The zero-order chi connectivity index (χ0) is 20.8. The molecule has 1 amide bonds. The van der Waals surface area contributed by atoms with Gasteiger partial charge in [-0.1, -0.05) is 25.5 Å². The highest BCUT2D eigenvalue weighted by Gasteiger charge is 2.33. The van der Waals surface area contributed by atoms with Crippen molar-refractivity contribution in [3.05, 3.63) is 29.8 Å². The third-order valence-electron chi connectivity index (χ3n) is 5.10. The summed E-state index contributed by atoms with van der Waals surface area (Å²) in [5.41, 5.74) is 1.98. The number of aryl methyl sites for hydroxylation is 1. The molecule has 1 fully saturated rings. The fourth-order valence-corrected chi connectivity index (χ4v) is 4.16. The zero-order valence-corrected chi connectivity index (χ0v) is 18.3. The van der Waals surface area contributed by atoms with E-state index in [9.17, 15) is 13.2 Å². The van der Waals surface area contributed by atoms with Gasteiger partial charge in [0, 0.05) is 11.7 Å². The molecule has 0 saturated heterocycles. The van der Waals surface area contributed by atoms with Crippen LogP contribution in [-0.2, 0) is 21.2 Å². The van der Waals surface area contributed by atoms with Crippen molar-refractivity contribution in [1.29, 1.82) is 0 Å². The number of nitrogens with one attached hydrogen (secondary N) is 2. The Morgan fingerprint density at radius 3 is 2.25 bits per heavy atom. The highest BCUT2D eigenvalue weighted by molar-refractivity contribution is 7.90. The molecule has 0 aliphatic heterocycles. The first-order chi connectivity index (χ1) is 13.1. The zero-order valence-electron chi connectivity index (χ0n) is 17.5. The molecule has 2 rings (SSSR count). The van der Waals surface area contributed by atoms with Gasteiger partial charge in [-0.25, -0.2) is 17.9 Å². The second kappa shape index (κ2) is 9.74. The van der Waals surface area contributed by atoms with E-state index in [4.69, 9.17) is 4.74 Å². The number of hydrogen-bond acceptors (Lipinski definition) is 4. The number of hydrogen-bond donors (Lipinski definition) is 2. The molecule has 0 bridgehead atoms. The maximum atomic E-state index is 12.3. The summed E-state index contributed by atoms with van der Waals surface area (Å²) in [7, 11) is -3.36. The predicted octanol–water partition coefficient (Wildman–Crippen LogP) is 4.61. The Bertz CT molecular complexity index is 731. The Morgan fingerprint density at radius 2 is 1.71 bits per heavy atom. The Labute approximate surface area is 169 Å². The molecular weight excluding hydrogens is 376 g/mol. The van der Waals surface area contributed by atoms with Crippen molar-refractivity contribution in [2.24, 2.45) is 0 Å². The minimum absolute atomic E-state index is 0.0946. The molecule has 1 aliphatic rings. The van der Waals surface area contributed by atoms with Crippen molar-refractivity contribution >= 4 is 21.8 Å². The van der Waals surface area contributed by atoms with E-state index in [1.54, 1.807) is 20.8 Å². The monoisotopic (exact) mass is 410 g/mol. The van der Waals surface area contributed by atoms with Gasteiger partial charge in [0.05, 0.1) is 4.75 Å². The molecular formula is C21H34N2O4S. The molecule has 0 heterocycles. The fraction of sp³-hybridized carbons (Fsp3) is 0.667. The maximum Gasteiger partial charge on any atom is 0.411 e. The third kappa shape index (κ3) is 6.78. The Hall–Kier alpha value is -1.60. The Morgan fingerprint density at radius 1 is 1.11 bits per heavy atom. The van der Waals surface area contributed by atoms with Crippen LogP contribution in [0.3, 0.4) is 0 Å². The molecule has 2 N–H and O–H groups in total. The smallest absolute Gasteiger partial charge is 0.411 e. The number of anilines is 1. The van der Waals surface area contributed by atoms with Gasteiger partial charge in [0.15, 0.2) is 0 Å². The van der Waals surface area contributed by atoms with E-state index in [1.165, 1.54) is 5.56 Å². The lowest BCUT2D eigenvalue weighted by molar-refractivity contribution is 0.0812. The SMILES string of the molecule is CCCCc1ccc(NC(=O)OC2CCC(NS(=O)(=O)C(C)(C)C)CC2)cc1. The van der Waals surface area contributed by atoms with Gasteiger partial charge in [-0.15, -0.1) is 0 Å². The van der Waals surface area contributed by atoms with Crippen molar-refractivity contribution in [2.75, 3.05) is 5.32 Å². The van der Waals surface area contributed by atoms with Gasteiger partial charge in [-0.05, 0) is 77.0 Å². The number of unbranched alkanes of at least 4 members (excludes halogenated alkanes) is 1. The third-order valence-corrected chi connectivity index (χ3v) is 7.35. The van der Waals surface area contributed by atoms with Crippen molar-refractivity contribution in [3.8, 4) is 0 Å². The molecule has 0 unspecified atom stereocenters. The number of benzene rings is 1. The van der Waals surface area contributed by atoms with E-state index >= 15 is 0 Å². The highest BCUT2D eigenvalue weighted by Crippen LogP contribution is 2.24. The van der Waals surface area contributed by atoms with Crippen LogP contribution in [0, 0.1) is 0 Å². The molecule has 0 atom stereocenters. The largest absolute Gasteiger partial charge is 0.446 e. The number of amides is 1. The average molecular weight is 411 g/mol. The van der Waals surface area contributed by atoms with Crippen LogP contribution in [-0.4, -0.2) is 31.4 Å². The van der Waals surface area contributed by atoms with Crippen LogP contribution >= 0.6 is 0 Å². The molecule has 6 nitrogen and oxygen atoms in total. The lowest BCUT2D eigenvalue weighted by atomic mass is 9.94. The molecule has 1 aromatic carbocycles. The van der Waals surface area contributed by atoms with Gasteiger partial charge in [0.1, 0.15) is 6.10 Å². The van der Waals surface area contributed by atoms with E-state index in [-0.39, 0.29) is 12.1 Å². The average Bonchev–Trinajstić information content (AvgIpc) is 2.61. The number of carbonyl (C=O) groups excluding carboxylic acids is 1. The van der Waals surface area contributed by atoms with Crippen molar-refractivity contribution < 1.29 is 17.9 Å². The molecule has 0 spiro atoms. The summed E-state index contributed by atoms with van der Waals surface area (Å²) >= 11 is 0. The van der Waals surface area contributed by atoms with Crippen LogP contribution in [0.5, 0.6) is 0 Å². The molecule has 28 heavy (non-hydrogen) atoms. The van der Waals surface area contributed by atoms with Crippen LogP contribution < -0.4 is 10.0 Å². The summed E-state index contributed by atoms with van der Waals surface area (Å²) < 4.78 is 32.0. The van der Waals surface area contributed by atoms with Gasteiger partial charge in [-0.3, -0.25) is 5.32 Å². The highest BCUT2D eigenvalue weighted by atomic mass is 32.2. The van der Waals surface area contributed by atoms with E-state index in [1.807, 2.05) is 24.3 Å². The molecule has 0 aromatic heterocycles. The lowest BCUT2D eigenvalue weighted by Crippen LogP contribution is -2.46. The first-order valence-electron chi connectivity index (χ1n) is 10.2. The van der Waals surface area contributed by atoms with Gasteiger partial charge in [0.2, 0.25) is 10.0 Å². The second-order valence-corrected chi connectivity index (χ2v) is 11.0. The first-order valence-corrected chi connectivity index (χ1v) is 11.7. The van der Waals surface area contributed by atoms with Crippen molar-refractivity contribution in [2.45, 2.75) is 89.5 Å².